The summed E-state index contributed by atoms with van der Waals surface area (Å²) in [6.07, 6.45) is -0.278. The Morgan fingerprint density at radius 1 is 1.06 bits per heavy atom. The Kier molecular flexibility index (Phi) is 2.51. The van der Waals surface area contributed by atoms with Crippen molar-refractivity contribution in [2.45, 2.75) is 18.4 Å². The molecule has 0 saturated carbocycles. The number of hydrogen-bond acceptors (Lipinski definition) is 3. The fraction of sp³-hybridized carbons (Fsp3) is 0.571. The zero-order valence-electron chi connectivity index (χ0n) is 10.2. The standard InChI is InChI=1S/C14H20N2O/c1-13-7-15-9-14(12(13)17,10-16-8-13)11-5-3-2-4-6-11/h2-6,12,15-17H,7-10H2,1H3/t12-,13?,14?/m1/s1. The minimum atomic E-state index is -0.278. The van der Waals surface area contributed by atoms with E-state index >= 15 is 0 Å². The van der Waals surface area contributed by atoms with Gasteiger partial charge < -0.3 is 15.7 Å². The molecule has 1 aromatic rings. The van der Waals surface area contributed by atoms with Gasteiger partial charge in [0.2, 0.25) is 0 Å². The zero-order valence-corrected chi connectivity index (χ0v) is 10.2. The third-order valence-corrected chi connectivity index (χ3v) is 4.47. The summed E-state index contributed by atoms with van der Waals surface area (Å²) in [6.45, 7) is 5.63. The highest BCUT2D eigenvalue weighted by molar-refractivity contribution is 5.32. The van der Waals surface area contributed by atoms with E-state index in [1.54, 1.807) is 0 Å². The molecule has 0 aromatic heterocycles. The van der Waals surface area contributed by atoms with Crippen LogP contribution in [0.1, 0.15) is 12.5 Å². The normalized spacial score (nSPS) is 41.2. The van der Waals surface area contributed by atoms with Crippen LogP contribution in [0.4, 0.5) is 0 Å². The zero-order chi connectivity index (χ0) is 11.9. The first-order chi connectivity index (χ1) is 8.17. The van der Waals surface area contributed by atoms with Gasteiger partial charge in [-0.1, -0.05) is 37.3 Å². The van der Waals surface area contributed by atoms with E-state index in [0.29, 0.717) is 0 Å². The molecule has 92 valence electrons. The van der Waals surface area contributed by atoms with Gasteiger partial charge in [-0.05, 0) is 5.56 Å². The number of piperidine rings is 2. The number of hydrogen-bond donors (Lipinski definition) is 3. The van der Waals surface area contributed by atoms with Crippen LogP contribution in [0.15, 0.2) is 30.3 Å². The molecule has 0 radical (unpaired) electrons. The van der Waals surface area contributed by atoms with E-state index in [0.717, 1.165) is 26.2 Å². The lowest BCUT2D eigenvalue weighted by molar-refractivity contribution is -0.0717. The topological polar surface area (TPSA) is 44.3 Å². The Morgan fingerprint density at radius 3 is 2.24 bits per heavy atom. The van der Waals surface area contributed by atoms with Gasteiger partial charge in [0.15, 0.2) is 0 Å². The molecule has 2 fully saturated rings. The Hall–Kier alpha value is -0.900. The first kappa shape index (κ1) is 11.2. The lowest BCUT2D eigenvalue weighted by atomic mass is 9.60. The average Bonchev–Trinajstić information content (AvgIpc) is 2.33. The second kappa shape index (κ2) is 3.80. The van der Waals surface area contributed by atoms with Gasteiger partial charge >= 0.3 is 0 Å². The summed E-state index contributed by atoms with van der Waals surface area (Å²) in [7, 11) is 0. The minimum Gasteiger partial charge on any atom is -0.391 e. The number of aliphatic hydroxyl groups is 1. The van der Waals surface area contributed by atoms with Crippen molar-refractivity contribution in [3.63, 3.8) is 0 Å². The molecule has 1 aromatic carbocycles. The Labute approximate surface area is 102 Å². The SMILES string of the molecule is CC12CNCC(c3ccccc3)(CNC1)[C@@H]2O. The summed E-state index contributed by atoms with van der Waals surface area (Å²) < 4.78 is 0. The van der Waals surface area contributed by atoms with E-state index in [4.69, 9.17) is 0 Å². The molecule has 2 heterocycles. The average molecular weight is 232 g/mol. The van der Waals surface area contributed by atoms with Crippen molar-refractivity contribution in [3.8, 4) is 0 Å². The van der Waals surface area contributed by atoms with Crippen molar-refractivity contribution < 1.29 is 5.11 Å². The van der Waals surface area contributed by atoms with Crippen LogP contribution in [-0.4, -0.2) is 37.4 Å². The van der Waals surface area contributed by atoms with Crippen LogP contribution in [0.3, 0.4) is 0 Å². The van der Waals surface area contributed by atoms with Crippen LogP contribution in [0.2, 0.25) is 0 Å². The van der Waals surface area contributed by atoms with Crippen LogP contribution in [0.25, 0.3) is 0 Å². The van der Waals surface area contributed by atoms with Crippen LogP contribution >= 0.6 is 0 Å². The van der Waals surface area contributed by atoms with E-state index < -0.39 is 0 Å². The van der Waals surface area contributed by atoms with Crippen molar-refractivity contribution in [1.29, 1.82) is 0 Å². The Morgan fingerprint density at radius 2 is 1.65 bits per heavy atom. The monoisotopic (exact) mass is 232 g/mol. The van der Waals surface area contributed by atoms with Crippen LogP contribution in [0.5, 0.6) is 0 Å². The summed E-state index contributed by atoms with van der Waals surface area (Å²) in [4.78, 5) is 0. The van der Waals surface area contributed by atoms with Crippen molar-refractivity contribution >= 4 is 0 Å². The first-order valence-corrected chi connectivity index (χ1v) is 6.32. The first-order valence-electron chi connectivity index (χ1n) is 6.32. The van der Waals surface area contributed by atoms with Gasteiger partial charge in [-0.15, -0.1) is 0 Å². The molecule has 2 saturated heterocycles. The summed E-state index contributed by atoms with van der Waals surface area (Å²) in [5.41, 5.74) is 0.997. The maximum absolute atomic E-state index is 10.8. The number of aliphatic hydroxyl groups excluding tert-OH is 1. The van der Waals surface area contributed by atoms with Gasteiger partial charge in [0.05, 0.1) is 6.10 Å². The van der Waals surface area contributed by atoms with Gasteiger partial charge in [-0.3, -0.25) is 0 Å². The molecule has 2 bridgehead atoms. The van der Waals surface area contributed by atoms with E-state index in [9.17, 15) is 5.11 Å². The second-order valence-corrected chi connectivity index (χ2v) is 5.79. The highest BCUT2D eigenvalue weighted by atomic mass is 16.3. The van der Waals surface area contributed by atoms with Gasteiger partial charge in [-0.2, -0.15) is 0 Å². The number of fused-ring (bicyclic) bond motifs is 2. The van der Waals surface area contributed by atoms with E-state index in [2.05, 4.69) is 41.8 Å². The summed E-state index contributed by atoms with van der Waals surface area (Å²) in [5, 5.41) is 17.8. The fourth-order valence-corrected chi connectivity index (χ4v) is 3.45. The quantitative estimate of drug-likeness (QED) is 0.660. The molecule has 3 nitrogen and oxygen atoms in total. The second-order valence-electron chi connectivity index (χ2n) is 5.79. The van der Waals surface area contributed by atoms with Crippen molar-refractivity contribution in [1.82, 2.24) is 10.6 Å². The molecule has 0 aliphatic carbocycles. The van der Waals surface area contributed by atoms with Crippen LogP contribution in [-0.2, 0) is 5.41 Å². The van der Waals surface area contributed by atoms with E-state index in [1.807, 2.05) is 6.07 Å². The van der Waals surface area contributed by atoms with E-state index in [-0.39, 0.29) is 16.9 Å². The molecular weight excluding hydrogens is 212 g/mol. The van der Waals surface area contributed by atoms with Gasteiger partial charge in [0.1, 0.15) is 0 Å². The van der Waals surface area contributed by atoms with E-state index in [1.165, 1.54) is 5.56 Å². The minimum absolute atomic E-state index is 0.0632. The molecule has 0 unspecified atom stereocenters. The maximum atomic E-state index is 10.8. The van der Waals surface area contributed by atoms with Gasteiger partial charge in [0, 0.05) is 37.0 Å². The molecule has 3 rings (SSSR count). The molecule has 2 aliphatic heterocycles. The maximum Gasteiger partial charge on any atom is 0.0739 e. The lowest BCUT2D eigenvalue weighted by Crippen LogP contribution is -2.71. The van der Waals surface area contributed by atoms with Crippen LogP contribution in [0, 0.1) is 5.41 Å². The molecule has 2 aliphatic rings. The molecular formula is C14H20N2O. The number of nitrogens with one attached hydrogen (secondary N) is 2. The summed E-state index contributed by atoms with van der Waals surface area (Å²) in [5.74, 6) is 0. The fourth-order valence-electron chi connectivity index (χ4n) is 3.45. The third kappa shape index (κ3) is 1.53. The summed E-state index contributed by atoms with van der Waals surface area (Å²) in [6, 6.07) is 10.4. The molecule has 0 spiro atoms. The van der Waals surface area contributed by atoms with Crippen molar-refractivity contribution in [2.75, 3.05) is 26.2 Å². The highest BCUT2D eigenvalue weighted by Gasteiger charge is 2.54. The number of rotatable bonds is 1. The molecule has 1 atom stereocenters. The smallest absolute Gasteiger partial charge is 0.0739 e. The predicted octanol–water partition coefficient (Wildman–Crippen LogP) is 0.498. The molecule has 0 amide bonds. The summed E-state index contributed by atoms with van der Waals surface area (Å²) >= 11 is 0. The van der Waals surface area contributed by atoms with Crippen molar-refractivity contribution in [2.24, 2.45) is 5.41 Å². The molecule has 3 N–H and O–H groups in total. The van der Waals surface area contributed by atoms with Gasteiger partial charge in [-0.25, -0.2) is 0 Å². The predicted molar refractivity (Wildman–Crippen MR) is 68.0 cm³/mol. The van der Waals surface area contributed by atoms with Crippen LogP contribution < -0.4 is 10.6 Å². The molecule has 3 heteroatoms. The Balaban J connectivity index is 2.05. The largest absolute Gasteiger partial charge is 0.391 e. The lowest BCUT2D eigenvalue weighted by Gasteiger charge is -2.55. The molecule has 17 heavy (non-hydrogen) atoms. The highest BCUT2D eigenvalue weighted by Crippen LogP contribution is 2.42. The van der Waals surface area contributed by atoms with Crippen molar-refractivity contribution in [3.05, 3.63) is 35.9 Å². The number of benzene rings is 1. The third-order valence-electron chi connectivity index (χ3n) is 4.47. The Bertz CT molecular complexity index is 394. The van der Waals surface area contributed by atoms with Gasteiger partial charge in [0.25, 0.3) is 0 Å².